The predicted molar refractivity (Wildman–Crippen MR) is 95.5 cm³/mol. The number of anilines is 1. The quantitative estimate of drug-likeness (QED) is 0.703. The van der Waals surface area contributed by atoms with Crippen LogP contribution < -0.4 is 9.64 Å². The van der Waals surface area contributed by atoms with Gasteiger partial charge in [0.25, 0.3) is 0 Å². The highest BCUT2D eigenvalue weighted by molar-refractivity contribution is 7.98. The number of aromatic nitrogens is 2. The van der Waals surface area contributed by atoms with Gasteiger partial charge < -0.3 is 9.72 Å². The van der Waals surface area contributed by atoms with Crippen LogP contribution in [-0.4, -0.2) is 23.1 Å². The number of rotatable bonds is 5. The Morgan fingerprint density at radius 2 is 1.92 bits per heavy atom. The van der Waals surface area contributed by atoms with Gasteiger partial charge in [0.15, 0.2) is 5.16 Å². The predicted octanol–water partition coefficient (Wildman–Crippen LogP) is 4.34. The third-order valence-electron chi connectivity index (χ3n) is 3.39. The Hall–Kier alpha value is -2.73. The van der Waals surface area contributed by atoms with Crippen LogP contribution in [0.4, 0.5) is 10.5 Å². The summed E-state index contributed by atoms with van der Waals surface area (Å²) in [7, 11) is 1.69. The van der Waals surface area contributed by atoms with Gasteiger partial charge in [0.1, 0.15) is 5.75 Å². The van der Waals surface area contributed by atoms with Crippen LogP contribution in [0.15, 0.2) is 72.1 Å². The van der Waals surface area contributed by atoms with Crippen molar-refractivity contribution in [1.29, 1.82) is 0 Å². The number of ether oxygens (including phenoxy) is 1. The van der Waals surface area contributed by atoms with Gasteiger partial charge in [0, 0.05) is 30.9 Å². The van der Waals surface area contributed by atoms with Crippen molar-refractivity contribution in [1.82, 2.24) is 9.97 Å². The molecule has 24 heavy (non-hydrogen) atoms. The molecule has 0 aliphatic heterocycles. The van der Waals surface area contributed by atoms with Crippen LogP contribution >= 0.6 is 11.8 Å². The van der Waals surface area contributed by atoms with E-state index in [9.17, 15) is 4.79 Å². The van der Waals surface area contributed by atoms with Gasteiger partial charge in [-0.2, -0.15) is 0 Å². The smallest absolute Gasteiger partial charge is 0.410 e. The Morgan fingerprint density at radius 3 is 2.58 bits per heavy atom. The summed E-state index contributed by atoms with van der Waals surface area (Å²) in [6.07, 6.45) is 3.11. The molecule has 6 heteroatoms. The Balaban J connectivity index is 1.56. The zero-order valence-electron chi connectivity index (χ0n) is 13.2. The Kier molecular flexibility index (Phi) is 5.18. The molecule has 3 aromatic rings. The zero-order valence-corrected chi connectivity index (χ0v) is 14.0. The third kappa shape index (κ3) is 4.17. The van der Waals surface area contributed by atoms with Gasteiger partial charge >= 0.3 is 6.09 Å². The van der Waals surface area contributed by atoms with E-state index in [4.69, 9.17) is 4.74 Å². The molecule has 0 bridgehead atoms. The number of nitrogens with zero attached hydrogens (tertiary/aromatic N) is 2. The minimum Gasteiger partial charge on any atom is -0.410 e. The van der Waals surface area contributed by atoms with Crippen LogP contribution in [0, 0.1) is 0 Å². The van der Waals surface area contributed by atoms with Gasteiger partial charge in [-0.15, -0.1) is 0 Å². The number of thioether (sulfide) groups is 1. The number of aromatic amines is 1. The van der Waals surface area contributed by atoms with Gasteiger partial charge in [-0.3, -0.25) is 4.90 Å². The van der Waals surface area contributed by atoms with Crippen molar-refractivity contribution in [3.8, 4) is 5.75 Å². The number of H-pyrrole nitrogens is 1. The standard InChI is InChI=1S/C18H17N3O2S/c1-21(15-5-3-2-4-6-15)18(22)23-16-9-7-14(8-10-16)13-24-17-19-11-12-20-17/h2-12H,13H2,1H3,(H,19,20). The molecular formula is C18H17N3O2S. The maximum absolute atomic E-state index is 12.2. The summed E-state index contributed by atoms with van der Waals surface area (Å²) in [5, 5.41) is 0.884. The van der Waals surface area contributed by atoms with E-state index in [0.29, 0.717) is 5.75 Å². The molecule has 0 atom stereocenters. The van der Waals surface area contributed by atoms with E-state index >= 15 is 0 Å². The first-order chi connectivity index (χ1) is 11.7. The summed E-state index contributed by atoms with van der Waals surface area (Å²) in [5.41, 5.74) is 1.92. The van der Waals surface area contributed by atoms with Crippen LogP contribution in [0.5, 0.6) is 5.75 Å². The van der Waals surface area contributed by atoms with E-state index in [1.54, 1.807) is 43.3 Å². The lowest BCUT2D eigenvalue weighted by Gasteiger charge is -2.16. The molecule has 3 rings (SSSR count). The number of hydrogen-bond acceptors (Lipinski definition) is 4. The number of nitrogens with one attached hydrogen (secondary N) is 1. The van der Waals surface area contributed by atoms with Crippen LogP contribution in [0.2, 0.25) is 0 Å². The first-order valence-electron chi connectivity index (χ1n) is 7.44. The highest BCUT2D eigenvalue weighted by Crippen LogP contribution is 2.21. The lowest BCUT2D eigenvalue weighted by atomic mass is 10.2. The molecule has 0 saturated heterocycles. The Labute approximate surface area is 144 Å². The first-order valence-corrected chi connectivity index (χ1v) is 8.42. The second-order valence-electron chi connectivity index (χ2n) is 5.09. The van der Waals surface area contributed by atoms with Crippen LogP contribution in [0.25, 0.3) is 0 Å². The number of carbonyl (C=O) groups excluding carboxylic acids is 1. The molecule has 0 aliphatic rings. The monoisotopic (exact) mass is 339 g/mol. The lowest BCUT2D eigenvalue weighted by Crippen LogP contribution is -2.29. The Morgan fingerprint density at radius 1 is 1.17 bits per heavy atom. The molecule has 1 aromatic heterocycles. The number of carbonyl (C=O) groups is 1. The molecule has 1 N–H and O–H groups in total. The van der Waals surface area contributed by atoms with Gasteiger partial charge in [0.2, 0.25) is 0 Å². The molecule has 122 valence electrons. The summed E-state index contributed by atoms with van der Waals surface area (Å²) in [4.78, 5) is 20.9. The van der Waals surface area contributed by atoms with Crippen molar-refractivity contribution >= 4 is 23.5 Å². The fourth-order valence-electron chi connectivity index (χ4n) is 2.06. The average Bonchev–Trinajstić information content (AvgIpc) is 3.15. The van der Waals surface area contributed by atoms with E-state index in [-0.39, 0.29) is 0 Å². The number of benzene rings is 2. The summed E-state index contributed by atoms with van der Waals surface area (Å²) >= 11 is 1.62. The number of amides is 1. The zero-order chi connectivity index (χ0) is 16.8. The van der Waals surface area contributed by atoms with Gasteiger partial charge in [0.05, 0.1) is 0 Å². The molecule has 0 fully saturated rings. The maximum Gasteiger partial charge on any atom is 0.419 e. The van der Waals surface area contributed by atoms with Crippen molar-refractivity contribution in [2.45, 2.75) is 10.9 Å². The van der Waals surface area contributed by atoms with E-state index < -0.39 is 6.09 Å². The highest BCUT2D eigenvalue weighted by Gasteiger charge is 2.12. The highest BCUT2D eigenvalue weighted by atomic mass is 32.2. The fourth-order valence-corrected chi connectivity index (χ4v) is 2.84. The Bertz CT molecular complexity index is 774. The number of hydrogen-bond donors (Lipinski definition) is 1. The van der Waals surface area contributed by atoms with Crippen molar-refractivity contribution < 1.29 is 9.53 Å². The summed E-state index contributed by atoms with van der Waals surface area (Å²) in [6.45, 7) is 0. The molecular weight excluding hydrogens is 322 g/mol. The molecule has 1 heterocycles. The maximum atomic E-state index is 12.2. The van der Waals surface area contributed by atoms with Crippen molar-refractivity contribution in [3.63, 3.8) is 0 Å². The topological polar surface area (TPSA) is 58.2 Å². The van der Waals surface area contributed by atoms with Crippen molar-refractivity contribution in [2.24, 2.45) is 0 Å². The van der Waals surface area contributed by atoms with E-state index in [1.165, 1.54) is 4.90 Å². The molecule has 0 saturated carbocycles. The third-order valence-corrected chi connectivity index (χ3v) is 4.37. The van der Waals surface area contributed by atoms with Crippen LogP contribution in [0.3, 0.4) is 0 Å². The molecule has 1 amide bonds. The number of para-hydroxylation sites is 1. The molecule has 0 radical (unpaired) electrons. The van der Waals surface area contributed by atoms with Gasteiger partial charge in [-0.25, -0.2) is 9.78 Å². The summed E-state index contributed by atoms with van der Waals surface area (Å²) in [6, 6.07) is 16.9. The van der Waals surface area contributed by atoms with E-state index in [2.05, 4.69) is 9.97 Å². The molecule has 0 unspecified atom stereocenters. The van der Waals surface area contributed by atoms with Crippen LogP contribution in [-0.2, 0) is 5.75 Å². The molecule has 2 aromatic carbocycles. The minimum absolute atomic E-state index is 0.418. The number of imidazole rings is 1. The van der Waals surface area contributed by atoms with Crippen molar-refractivity contribution in [2.75, 3.05) is 11.9 Å². The van der Waals surface area contributed by atoms with E-state index in [0.717, 1.165) is 22.2 Å². The second-order valence-corrected chi connectivity index (χ2v) is 6.05. The summed E-state index contributed by atoms with van der Waals surface area (Å²) < 4.78 is 5.40. The normalized spacial score (nSPS) is 10.4. The molecule has 0 aliphatic carbocycles. The summed E-state index contributed by atoms with van der Waals surface area (Å²) in [5.74, 6) is 1.32. The van der Waals surface area contributed by atoms with Gasteiger partial charge in [-0.05, 0) is 29.8 Å². The van der Waals surface area contributed by atoms with Crippen molar-refractivity contribution in [3.05, 3.63) is 72.6 Å². The second kappa shape index (κ2) is 7.70. The van der Waals surface area contributed by atoms with Crippen LogP contribution in [0.1, 0.15) is 5.56 Å². The molecule has 5 nitrogen and oxygen atoms in total. The fraction of sp³-hybridized carbons (Fsp3) is 0.111. The van der Waals surface area contributed by atoms with E-state index in [1.807, 2.05) is 42.5 Å². The minimum atomic E-state index is -0.418. The largest absolute Gasteiger partial charge is 0.419 e. The van der Waals surface area contributed by atoms with Gasteiger partial charge in [-0.1, -0.05) is 42.1 Å². The first kappa shape index (κ1) is 16.1. The lowest BCUT2D eigenvalue weighted by molar-refractivity contribution is 0.209. The molecule has 0 spiro atoms. The SMILES string of the molecule is CN(C(=O)Oc1ccc(CSc2ncc[nH]2)cc1)c1ccccc1. The average molecular weight is 339 g/mol.